The van der Waals surface area contributed by atoms with Gasteiger partial charge in [0, 0.05) is 17.7 Å². The standard InChI is InChI=1S/C13H7F3NO2/c1-7-6-8(17(18)19)2-3-9(7)10-4-5-11(14)13(16)12(10)15/h2-6H,1H2. The van der Waals surface area contributed by atoms with Gasteiger partial charge in [-0.15, -0.1) is 0 Å². The van der Waals surface area contributed by atoms with Crippen LogP contribution >= 0.6 is 0 Å². The number of nitro benzene ring substituents is 1. The van der Waals surface area contributed by atoms with E-state index in [-0.39, 0.29) is 22.4 Å². The van der Waals surface area contributed by atoms with Crippen molar-refractivity contribution in [3.05, 3.63) is 70.4 Å². The van der Waals surface area contributed by atoms with Gasteiger partial charge in [0.2, 0.25) is 0 Å². The molecule has 1 radical (unpaired) electrons. The predicted octanol–water partition coefficient (Wildman–Crippen LogP) is 3.86. The molecular formula is C13H7F3NO2. The van der Waals surface area contributed by atoms with Crippen molar-refractivity contribution >= 4 is 5.69 Å². The minimum atomic E-state index is -1.59. The maximum Gasteiger partial charge on any atom is 0.269 e. The van der Waals surface area contributed by atoms with E-state index in [1.165, 1.54) is 6.07 Å². The third-order valence-corrected chi connectivity index (χ3v) is 2.63. The molecule has 3 nitrogen and oxygen atoms in total. The van der Waals surface area contributed by atoms with E-state index in [1.807, 2.05) is 0 Å². The van der Waals surface area contributed by atoms with Crippen LogP contribution in [-0.4, -0.2) is 4.92 Å². The Hall–Kier alpha value is -2.37. The SMILES string of the molecule is [CH2]c1cc([N+](=O)[O-])ccc1-c1ccc(F)c(F)c1F. The molecule has 0 atom stereocenters. The lowest BCUT2D eigenvalue weighted by Gasteiger charge is -2.08. The molecule has 97 valence electrons. The van der Waals surface area contributed by atoms with Crippen LogP contribution in [0.3, 0.4) is 0 Å². The van der Waals surface area contributed by atoms with Crippen molar-refractivity contribution in [2.24, 2.45) is 0 Å². The molecule has 0 amide bonds. The van der Waals surface area contributed by atoms with E-state index in [4.69, 9.17) is 0 Å². The summed E-state index contributed by atoms with van der Waals surface area (Å²) in [5, 5.41) is 10.6. The lowest BCUT2D eigenvalue weighted by atomic mass is 9.99. The Kier molecular flexibility index (Phi) is 3.25. The quantitative estimate of drug-likeness (QED) is 0.470. The Morgan fingerprint density at radius 2 is 1.63 bits per heavy atom. The lowest BCUT2D eigenvalue weighted by molar-refractivity contribution is -0.384. The maximum absolute atomic E-state index is 13.6. The van der Waals surface area contributed by atoms with Gasteiger partial charge >= 0.3 is 0 Å². The van der Waals surface area contributed by atoms with Crippen molar-refractivity contribution in [1.82, 2.24) is 0 Å². The van der Waals surface area contributed by atoms with Crippen LogP contribution in [0.15, 0.2) is 30.3 Å². The molecule has 0 saturated carbocycles. The van der Waals surface area contributed by atoms with Gasteiger partial charge in [-0.3, -0.25) is 10.1 Å². The van der Waals surface area contributed by atoms with Crippen LogP contribution in [0, 0.1) is 34.5 Å². The monoisotopic (exact) mass is 266 g/mol. The van der Waals surface area contributed by atoms with Crippen LogP contribution in [-0.2, 0) is 0 Å². The molecule has 0 fully saturated rings. The molecular weight excluding hydrogens is 259 g/mol. The van der Waals surface area contributed by atoms with Crippen molar-refractivity contribution in [2.45, 2.75) is 0 Å². The molecule has 0 aliphatic rings. The summed E-state index contributed by atoms with van der Waals surface area (Å²) in [7, 11) is 0. The number of rotatable bonds is 2. The van der Waals surface area contributed by atoms with Gasteiger partial charge in [-0.1, -0.05) is 0 Å². The van der Waals surface area contributed by atoms with Crippen molar-refractivity contribution in [3.63, 3.8) is 0 Å². The van der Waals surface area contributed by atoms with Crippen LogP contribution in [0.2, 0.25) is 0 Å². The second-order valence-electron chi connectivity index (χ2n) is 3.82. The molecule has 2 aromatic rings. The first kappa shape index (κ1) is 13.1. The Morgan fingerprint density at radius 1 is 1.00 bits per heavy atom. The molecule has 0 N–H and O–H groups in total. The molecule has 0 aliphatic heterocycles. The summed E-state index contributed by atoms with van der Waals surface area (Å²) < 4.78 is 39.6. The zero-order valence-corrected chi connectivity index (χ0v) is 9.49. The number of nitro groups is 1. The van der Waals surface area contributed by atoms with Gasteiger partial charge in [0.15, 0.2) is 17.5 Å². The highest BCUT2D eigenvalue weighted by molar-refractivity contribution is 5.70. The highest BCUT2D eigenvalue weighted by Crippen LogP contribution is 2.30. The van der Waals surface area contributed by atoms with Gasteiger partial charge in [-0.2, -0.15) is 0 Å². The fraction of sp³-hybridized carbons (Fsp3) is 0. The van der Waals surface area contributed by atoms with Crippen LogP contribution in [0.1, 0.15) is 5.56 Å². The van der Waals surface area contributed by atoms with Crippen LogP contribution in [0.5, 0.6) is 0 Å². The highest BCUT2D eigenvalue weighted by atomic mass is 19.2. The Bertz CT molecular complexity index is 671. The Morgan fingerprint density at radius 3 is 2.21 bits per heavy atom. The minimum Gasteiger partial charge on any atom is -0.258 e. The molecule has 2 rings (SSSR count). The van der Waals surface area contributed by atoms with Gasteiger partial charge in [0.1, 0.15) is 0 Å². The number of benzene rings is 2. The molecule has 19 heavy (non-hydrogen) atoms. The summed E-state index contributed by atoms with van der Waals surface area (Å²) in [6, 6.07) is 5.37. The van der Waals surface area contributed by atoms with E-state index in [1.54, 1.807) is 0 Å². The molecule has 6 heteroatoms. The van der Waals surface area contributed by atoms with Crippen molar-refractivity contribution in [3.8, 4) is 11.1 Å². The first-order valence-electron chi connectivity index (χ1n) is 5.16. The minimum absolute atomic E-state index is 0.152. The number of halogens is 3. The lowest BCUT2D eigenvalue weighted by Crippen LogP contribution is -1.96. The Labute approximate surface area is 106 Å². The smallest absolute Gasteiger partial charge is 0.258 e. The first-order chi connectivity index (χ1) is 8.91. The van der Waals surface area contributed by atoms with E-state index in [0.717, 1.165) is 24.3 Å². The van der Waals surface area contributed by atoms with Crippen LogP contribution in [0.25, 0.3) is 11.1 Å². The molecule has 0 aromatic heterocycles. The zero-order valence-electron chi connectivity index (χ0n) is 9.49. The van der Waals surface area contributed by atoms with Gasteiger partial charge in [-0.05, 0) is 36.2 Å². The van der Waals surface area contributed by atoms with Crippen LogP contribution < -0.4 is 0 Å². The molecule has 2 aromatic carbocycles. The summed E-state index contributed by atoms with van der Waals surface area (Å²) in [6.45, 7) is 3.55. The topological polar surface area (TPSA) is 43.1 Å². The van der Waals surface area contributed by atoms with Crippen LogP contribution in [0.4, 0.5) is 18.9 Å². The van der Waals surface area contributed by atoms with Crippen molar-refractivity contribution in [1.29, 1.82) is 0 Å². The normalized spacial score (nSPS) is 10.5. The van der Waals surface area contributed by atoms with Crippen molar-refractivity contribution in [2.75, 3.05) is 0 Å². The molecule has 0 heterocycles. The van der Waals surface area contributed by atoms with Crippen molar-refractivity contribution < 1.29 is 18.1 Å². The fourth-order valence-corrected chi connectivity index (χ4v) is 1.69. The molecule has 0 unspecified atom stereocenters. The second kappa shape index (κ2) is 4.72. The summed E-state index contributed by atoms with van der Waals surface area (Å²) in [6.07, 6.45) is 0. The zero-order chi connectivity index (χ0) is 14.2. The fourth-order valence-electron chi connectivity index (χ4n) is 1.69. The third kappa shape index (κ3) is 2.29. The van der Waals surface area contributed by atoms with Gasteiger partial charge < -0.3 is 0 Å². The molecule has 0 aliphatic carbocycles. The predicted molar refractivity (Wildman–Crippen MR) is 62.9 cm³/mol. The first-order valence-corrected chi connectivity index (χ1v) is 5.16. The van der Waals surface area contributed by atoms with Gasteiger partial charge in [0.25, 0.3) is 5.69 Å². The average Bonchev–Trinajstić information content (AvgIpc) is 2.37. The summed E-state index contributed by atoms with van der Waals surface area (Å²) in [5.74, 6) is -4.23. The Balaban J connectivity index is 2.60. The maximum atomic E-state index is 13.6. The van der Waals surface area contributed by atoms with Gasteiger partial charge in [-0.25, -0.2) is 13.2 Å². The van der Waals surface area contributed by atoms with E-state index >= 15 is 0 Å². The van der Waals surface area contributed by atoms with E-state index in [2.05, 4.69) is 6.92 Å². The van der Waals surface area contributed by atoms with E-state index in [0.29, 0.717) is 0 Å². The average molecular weight is 266 g/mol. The second-order valence-corrected chi connectivity index (χ2v) is 3.82. The summed E-state index contributed by atoms with van der Waals surface area (Å²) in [4.78, 5) is 9.94. The number of hydrogen-bond acceptors (Lipinski definition) is 2. The number of non-ortho nitro benzene ring substituents is 1. The largest absolute Gasteiger partial charge is 0.269 e. The molecule has 0 bridgehead atoms. The van der Waals surface area contributed by atoms with E-state index in [9.17, 15) is 23.3 Å². The van der Waals surface area contributed by atoms with Gasteiger partial charge in [0.05, 0.1) is 4.92 Å². The van der Waals surface area contributed by atoms with E-state index < -0.39 is 22.4 Å². The number of hydrogen-bond donors (Lipinski definition) is 0. The summed E-state index contributed by atoms with van der Waals surface area (Å²) >= 11 is 0. The third-order valence-electron chi connectivity index (χ3n) is 2.63. The molecule has 0 saturated heterocycles. The highest BCUT2D eigenvalue weighted by Gasteiger charge is 2.17. The molecule has 0 spiro atoms. The summed E-state index contributed by atoms with van der Waals surface area (Å²) in [5.41, 5.74) is -0.0864. The number of nitrogens with zero attached hydrogens (tertiary/aromatic N) is 1.